The van der Waals surface area contributed by atoms with Crippen LogP contribution in [0.5, 0.6) is 5.75 Å². The van der Waals surface area contributed by atoms with Gasteiger partial charge in [-0.15, -0.1) is 11.3 Å². The topological polar surface area (TPSA) is 119 Å². The van der Waals surface area contributed by atoms with Crippen molar-refractivity contribution in [3.8, 4) is 17.0 Å². The summed E-state index contributed by atoms with van der Waals surface area (Å²) in [5, 5.41) is 9.91. The van der Waals surface area contributed by atoms with E-state index in [4.69, 9.17) is 21.3 Å². The Hall–Kier alpha value is -4.56. The van der Waals surface area contributed by atoms with Crippen LogP contribution in [0.1, 0.15) is 30.0 Å². The lowest BCUT2D eigenvalue weighted by Crippen LogP contribution is -2.27. The Bertz CT molecular complexity index is 2170. The van der Waals surface area contributed by atoms with Crippen LogP contribution in [0.25, 0.3) is 22.2 Å². The summed E-state index contributed by atoms with van der Waals surface area (Å²) < 4.78 is 60.0. The molecule has 0 amide bonds. The fourth-order valence-corrected chi connectivity index (χ4v) is 7.29. The standard InChI is InChI=1S/C34H29ClF2N6O3S2/c1-2-28(38-12-13-48(44,45)32-8-3-4-11-39-32)34-43-30(19-47-34)24-16-25-29(17-27(24)37)40-20-41-33(25)42-23-9-10-31(26(35)15-23)46-18-21-6-5-7-22(36)14-21/h3-11,14-17,19-20,28,38H,2,12-13,18H2,1H3,(H,40,41,42). The van der Waals surface area contributed by atoms with Crippen LogP contribution in [0.15, 0.2) is 95.7 Å². The number of aromatic nitrogens is 4. The number of pyridine rings is 1. The fourth-order valence-electron chi connectivity index (χ4n) is 4.97. The molecule has 0 aliphatic carbocycles. The highest BCUT2D eigenvalue weighted by Gasteiger charge is 2.20. The molecule has 9 nitrogen and oxygen atoms in total. The van der Waals surface area contributed by atoms with Crippen molar-refractivity contribution in [1.82, 2.24) is 25.3 Å². The lowest BCUT2D eigenvalue weighted by atomic mass is 10.1. The van der Waals surface area contributed by atoms with Crippen molar-refractivity contribution in [3.05, 3.63) is 118 Å². The molecule has 6 aromatic rings. The van der Waals surface area contributed by atoms with E-state index in [-0.39, 0.29) is 41.4 Å². The molecule has 0 saturated heterocycles. The van der Waals surface area contributed by atoms with Gasteiger partial charge in [0.05, 0.1) is 28.0 Å². The summed E-state index contributed by atoms with van der Waals surface area (Å²) in [7, 11) is -3.54. The highest BCUT2D eigenvalue weighted by molar-refractivity contribution is 7.91. The first-order valence-corrected chi connectivity index (χ1v) is 17.8. The van der Waals surface area contributed by atoms with Gasteiger partial charge in [-0.2, -0.15) is 0 Å². The smallest absolute Gasteiger partial charge is 0.196 e. The lowest BCUT2D eigenvalue weighted by molar-refractivity contribution is 0.306. The summed E-state index contributed by atoms with van der Waals surface area (Å²) in [4.78, 5) is 17.3. The number of thiazole rings is 1. The second-order valence-corrected chi connectivity index (χ2v) is 14.1. The Morgan fingerprint density at radius 3 is 2.65 bits per heavy atom. The molecule has 246 valence electrons. The molecule has 3 aromatic heterocycles. The molecule has 0 bridgehead atoms. The minimum absolute atomic E-state index is 0.0350. The van der Waals surface area contributed by atoms with Gasteiger partial charge in [0, 0.05) is 40.8 Å². The normalized spacial score (nSPS) is 12.2. The number of hydrogen-bond donors (Lipinski definition) is 2. The van der Waals surface area contributed by atoms with Gasteiger partial charge in [-0.25, -0.2) is 37.1 Å². The molecule has 0 fully saturated rings. The maximum absolute atomic E-state index is 15.4. The Kier molecular flexibility index (Phi) is 10.2. The number of sulfone groups is 1. The molecule has 2 N–H and O–H groups in total. The van der Waals surface area contributed by atoms with Gasteiger partial charge in [0.2, 0.25) is 0 Å². The van der Waals surface area contributed by atoms with Gasteiger partial charge >= 0.3 is 0 Å². The Morgan fingerprint density at radius 2 is 1.88 bits per heavy atom. The predicted octanol–water partition coefficient (Wildman–Crippen LogP) is 7.92. The first-order valence-electron chi connectivity index (χ1n) is 14.9. The van der Waals surface area contributed by atoms with Crippen LogP contribution in [0.3, 0.4) is 0 Å². The molecule has 6 rings (SSSR count). The van der Waals surface area contributed by atoms with Gasteiger partial charge in [-0.05, 0) is 60.5 Å². The summed E-state index contributed by atoms with van der Waals surface area (Å²) in [6.07, 6.45) is 3.44. The third-order valence-corrected chi connectivity index (χ3v) is 10.3. The minimum atomic E-state index is -3.54. The molecule has 0 aliphatic heterocycles. The SMILES string of the molecule is CCC(NCCS(=O)(=O)c1ccccn1)c1nc(-c2cc3c(Nc4ccc(OCc5cccc(F)c5)c(Cl)c4)ncnc3cc2F)cs1. The predicted molar refractivity (Wildman–Crippen MR) is 183 cm³/mol. The van der Waals surface area contributed by atoms with Crippen molar-refractivity contribution in [3.63, 3.8) is 0 Å². The quantitative estimate of drug-likeness (QED) is 0.123. The van der Waals surface area contributed by atoms with Crippen molar-refractivity contribution in [2.24, 2.45) is 0 Å². The van der Waals surface area contributed by atoms with Gasteiger partial charge in [0.25, 0.3) is 0 Å². The zero-order chi connectivity index (χ0) is 33.7. The van der Waals surface area contributed by atoms with Crippen LogP contribution in [0, 0.1) is 11.6 Å². The van der Waals surface area contributed by atoms with Crippen molar-refractivity contribution >= 4 is 55.2 Å². The summed E-state index contributed by atoms with van der Waals surface area (Å²) in [6, 6.07) is 18.8. The van der Waals surface area contributed by atoms with E-state index in [1.54, 1.807) is 53.9 Å². The zero-order valence-corrected chi connectivity index (χ0v) is 27.9. The van der Waals surface area contributed by atoms with Gasteiger partial charge in [0.15, 0.2) is 14.9 Å². The number of hydrogen-bond acceptors (Lipinski definition) is 10. The second-order valence-electron chi connectivity index (χ2n) is 10.7. The van der Waals surface area contributed by atoms with Gasteiger partial charge < -0.3 is 15.4 Å². The van der Waals surface area contributed by atoms with Crippen LogP contribution < -0.4 is 15.4 Å². The molecule has 0 saturated carbocycles. The van der Waals surface area contributed by atoms with E-state index < -0.39 is 15.7 Å². The van der Waals surface area contributed by atoms with Gasteiger partial charge in [-0.1, -0.05) is 36.7 Å². The van der Waals surface area contributed by atoms with E-state index >= 15 is 4.39 Å². The third kappa shape index (κ3) is 7.76. The molecule has 0 radical (unpaired) electrons. The number of nitrogens with zero attached hydrogens (tertiary/aromatic N) is 4. The molecule has 14 heteroatoms. The molecule has 3 aromatic carbocycles. The molecular formula is C34H29ClF2N6O3S2. The second kappa shape index (κ2) is 14.7. The van der Waals surface area contributed by atoms with Crippen molar-refractivity contribution in [1.29, 1.82) is 0 Å². The van der Waals surface area contributed by atoms with Crippen molar-refractivity contribution < 1.29 is 21.9 Å². The highest BCUT2D eigenvalue weighted by Crippen LogP contribution is 2.35. The number of anilines is 2. The van der Waals surface area contributed by atoms with Crippen LogP contribution in [0.4, 0.5) is 20.3 Å². The summed E-state index contributed by atoms with van der Waals surface area (Å²) in [5.74, 6) is -0.0962. The average Bonchev–Trinajstić information content (AvgIpc) is 3.56. The Morgan fingerprint density at radius 1 is 1.00 bits per heavy atom. The first-order chi connectivity index (χ1) is 23.2. The van der Waals surface area contributed by atoms with Crippen molar-refractivity contribution in [2.45, 2.75) is 31.0 Å². The summed E-state index contributed by atoms with van der Waals surface area (Å²) >= 11 is 7.86. The number of ether oxygens (including phenoxy) is 1. The van der Waals surface area contributed by atoms with E-state index in [0.717, 1.165) is 0 Å². The van der Waals surface area contributed by atoms with Crippen LogP contribution >= 0.6 is 22.9 Å². The summed E-state index contributed by atoms with van der Waals surface area (Å²) in [5.41, 5.74) is 2.39. The molecule has 3 heterocycles. The zero-order valence-electron chi connectivity index (χ0n) is 25.5. The molecule has 1 atom stereocenters. The van der Waals surface area contributed by atoms with Crippen LogP contribution in [-0.2, 0) is 16.4 Å². The van der Waals surface area contributed by atoms with E-state index in [1.807, 2.05) is 6.92 Å². The maximum Gasteiger partial charge on any atom is 0.196 e. The number of benzene rings is 3. The first kappa shape index (κ1) is 33.3. The van der Waals surface area contributed by atoms with E-state index in [2.05, 4.69) is 25.6 Å². The number of halogens is 3. The van der Waals surface area contributed by atoms with E-state index in [9.17, 15) is 12.8 Å². The molecule has 1 unspecified atom stereocenters. The van der Waals surface area contributed by atoms with Gasteiger partial charge in [0.1, 0.15) is 41.1 Å². The maximum atomic E-state index is 15.4. The molecular weight excluding hydrogens is 678 g/mol. The molecule has 48 heavy (non-hydrogen) atoms. The fraction of sp³-hybridized carbons (Fsp3) is 0.176. The lowest BCUT2D eigenvalue weighted by Gasteiger charge is -2.14. The van der Waals surface area contributed by atoms with Gasteiger partial charge in [-0.3, -0.25) is 0 Å². The number of rotatable bonds is 13. The average molecular weight is 707 g/mol. The van der Waals surface area contributed by atoms with Crippen LogP contribution in [-0.4, -0.2) is 40.7 Å². The van der Waals surface area contributed by atoms with E-state index in [1.165, 1.54) is 48.1 Å². The molecule has 0 aliphatic rings. The third-order valence-electron chi connectivity index (χ3n) is 7.42. The highest BCUT2D eigenvalue weighted by atomic mass is 35.5. The van der Waals surface area contributed by atoms with Crippen LogP contribution in [0.2, 0.25) is 5.02 Å². The summed E-state index contributed by atoms with van der Waals surface area (Å²) in [6.45, 7) is 2.32. The Balaban J connectivity index is 1.17. The monoisotopic (exact) mass is 706 g/mol. The molecule has 0 spiro atoms. The van der Waals surface area contributed by atoms with Crippen molar-refractivity contribution in [2.75, 3.05) is 17.6 Å². The number of fused-ring (bicyclic) bond motifs is 1. The minimum Gasteiger partial charge on any atom is -0.487 e. The largest absolute Gasteiger partial charge is 0.487 e. The Labute approximate surface area is 285 Å². The number of nitrogens with one attached hydrogen (secondary N) is 2. The van der Waals surface area contributed by atoms with E-state index in [0.29, 0.717) is 55.9 Å².